The summed E-state index contributed by atoms with van der Waals surface area (Å²) in [7, 11) is 1.97. The Morgan fingerprint density at radius 2 is 2.17 bits per heavy atom. The van der Waals surface area contributed by atoms with E-state index in [2.05, 4.69) is 34.8 Å². The molecule has 3 nitrogen and oxygen atoms in total. The van der Waals surface area contributed by atoms with Crippen molar-refractivity contribution in [2.24, 2.45) is 7.05 Å². The number of benzene rings is 1. The van der Waals surface area contributed by atoms with Gasteiger partial charge in [-0.1, -0.05) is 12.1 Å². The molecule has 0 unspecified atom stereocenters. The molecule has 0 fully saturated rings. The highest BCUT2D eigenvalue weighted by Crippen LogP contribution is 2.23. The minimum Gasteiger partial charge on any atom is -0.385 e. The molecule has 1 aromatic carbocycles. The molecule has 18 heavy (non-hydrogen) atoms. The second kappa shape index (κ2) is 4.84. The number of hydrogen-bond donors (Lipinski definition) is 1. The van der Waals surface area contributed by atoms with E-state index in [1.807, 2.05) is 17.9 Å². The van der Waals surface area contributed by atoms with Crippen molar-refractivity contribution in [1.29, 1.82) is 0 Å². The van der Waals surface area contributed by atoms with E-state index in [9.17, 15) is 0 Å². The Kier molecular flexibility index (Phi) is 3.05. The summed E-state index contributed by atoms with van der Waals surface area (Å²) >= 11 is 0. The molecule has 0 saturated carbocycles. The van der Waals surface area contributed by atoms with Crippen LogP contribution in [-0.2, 0) is 26.3 Å². The molecular weight excluding hydrogens is 222 g/mol. The third-order valence-corrected chi connectivity index (χ3v) is 3.57. The van der Waals surface area contributed by atoms with Crippen LogP contribution >= 0.6 is 0 Å². The first-order valence-corrected chi connectivity index (χ1v) is 6.64. The molecule has 94 valence electrons. The topological polar surface area (TPSA) is 29.9 Å². The molecule has 1 N–H and O–H groups in total. The van der Waals surface area contributed by atoms with E-state index in [4.69, 9.17) is 0 Å². The molecule has 0 saturated heterocycles. The van der Waals surface area contributed by atoms with Crippen LogP contribution in [0.2, 0.25) is 0 Å². The van der Waals surface area contributed by atoms with Gasteiger partial charge >= 0.3 is 0 Å². The SMILES string of the molecule is Cn1cc(CCc2ccc3c(c2)CCCN3)cn1. The Morgan fingerprint density at radius 1 is 1.28 bits per heavy atom. The van der Waals surface area contributed by atoms with Crippen molar-refractivity contribution in [2.75, 3.05) is 11.9 Å². The monoisotopic (exact) mass is 241 g/mol. The molecule has 3 rings (SSSR count). The minimum absolute atomic E-state index is 1.07. The van der Waals surface area contributed by atoms with Gasteiger partial charge < -0.3 is 5.32 Å². The van der Waals surface area contributed by atoms with Crippen molar-refractivity contribution in [3.05, 3.63) is 47.3 Å². The molecule has 0 amide bonds. The molecule has 0 atom stereocenters. The van der Waals surface area contributed by atoms with Gasteiger partial charge in [-0.2, -0.15) is 5.10 Å². The average Bonchev–Trinajstić information content (AvgIpc) is 2.82. The number of aryl methyl sites for hydroxylation is 4. The lowest BCUT2D eigenvalue weighted by atomic mass is 9.98. The Hall–Kier alpha value is -1.77. The number of anilines is 1. The summed E-state index contributed by atoms with van der Waals surface area (Å²) < 4.78 is 1.87. The van der Waals surface area contributed by atoms with E-state index in [1.165, 1.54) is 35.2 Å². The first kappa shape index (κ1) is 11.3. The maximum absolute atomic E-state index is 4.21. The van der Waals surface area contributed by atoms with E-state index in [-0.39, 0.29) is 0 Å². The summed E-state index contributed by atoms with van der Waals surface area (Å²) in [6, 6.07) is 6.83. The summed E-state index contributed by atoms with van der Waals surface area (Å²) in [6.07, 6.45) is 8.68. The largest absolute Gasteiger partial charge is 0.385 e. The Labute approximate surface area is 108 Å². The maximum Gasteiger partial charge on any atom is 0.0521 e. The molecule has 0 aliphatic carbocycles. The Morgan fingerprint density at radius 3 is 3.00 bits per heavy atom. The van der Waals surface area contributed by atoms with E-state index < -0.39 is 0 Å². The van der Waals surface area contributed by atoms with Gasteiger partial charge in [0.1, 0.15) is 0 Å². The Bertz CT molecular complexity index is 542. The predicted octanol–water partition coefficient (Wildman–Crippen LogP) is 2.56. The van der Waals surface area contributed by atoms with Crippen molar-refractivity contribution >= 4 is 5.69 Å². The molecule has 0 spiro atoms. The van der Waals surface area contributed by atoms with Crippen molar-refractivity contribution in [2.45, 2.75) is 25.7 Å². The number of nitrogens with zero attached hydrogens (tertiary/aromatic N) is 2. The van der Waals surface area contributed by atoms with Crippen LogP contribution in [0.15, 0.2) is 30.6 Å². The lowest BCUT2D eigenvalue weighted by Gasteiger charge is -2.18. The summed E-state index contributed by atoms with van der Waals surface area (Å²) in [5.74, 6) is 0. The van der Waals surface area contributed by atoms with Crippen molar-refractivity contribution < 1.29 is 0 Å². The van der Waals surface area contributed by atoms with Gasteiger partial charge in [-0.25, -0.2) is 0 Å². The van der Waals surface area contributed by atoms with Gasteiger partial charge in [0.05, 0.1) is 6.20 Å². The highest BCUT2D eigenvalue weighted by molar-refractivity contribution is 5.54. The number of rotatable bonds is 3. The van der Waals surface area contributed by atoms with Gasteiger partial charge in [0, 0.05) is 25.5 Å². The third-order valence-electron chi connectivity index (χ3n) is 3.57. The van der Waals surface area contributed by atoms with Gasteiger partial charge in [-0.3, -0.25) is 4.68 Å². The standard InChI is InChI=1S/C15H19N3/c1-18-11-13(10-17-18)5-4-12-6-7-15-14(9-12)3-2-8-16-15/h6-7,9-11,16H,2-5,8H2,1H3. The van der Waals surface area contributed by atoms with Gasteiger partial charge in [-0.05, 0) is 48.4 Å². The number of aromatic nitrogens is 2. The van der Waals surface area contributed by atoms with Gasteiger partial charge in [-0.15, -0.1) is 0 Å². The van der Waals surface area contributed by atoms with Crippen LogP contribution in [0, 0.1) is 0 Å². The highest BCUT2D eigenvalue weighted by atomic mass is 15.2. The van der Waals surface area contributed by atoms with Crippen LogP contribution in [0.5, 0.6) is 0 Å². The molecule has 1 aromatic heterocycles. The van der Waals surface area contributed by atoms with E-state index in [1.54, 1.807) is 0 Å². The van der Waals surface area contributed by atoms with Gasteiger partial charge in [0.2, 0.25) is 0 Å². The number of nitrogens with one attached hydrogen (secondary N) is 1. The lowest BCUT2D eigenvalue weighted by Crippen LogP contribution is -2.11. The van der Waals surface area contributed by atoms with Crippen molar-refractivity contribution in [3.63, 3.8) is 0 Å². The normalized spacial score (nSPS) is 14.1. The van der Waals surface area contributed by atoms with Gasteiger partial charge in [0.25, 0.3) is 0 Å². The average molecular weight is 241 g/mol. The van der Waals surface area contributed by atoms with Crippen molar-refractivity contribution in [3.8, 4) is 0 Å². The molecule has 2 aromatic rings. The maximum atomic E-state index is 4.21. The van der Waals surface area contributed by atoms with Crippen LogP contribution < -0.4 is 5.32 Å². The predicted molar refractivity (Wildman–Crippen MR) is 73.9 cm³/mol. The highest BCUT2D eigenvalue weighted by Gasteiger charge is 2.08. The summed E-state index contributed by atoms with van der Waals surface area (Å²) in [4.78, 5) is 0. The molecule has 0 radical (unpaired) electrons. The fourth-order valence-electron chi connectivity index (χ4n) is 2.57. The van der Waals surface area contributed by atoms with Crippen LogP contribution in [-0.4, -0.2) is 16.3 Å². The zero-order valence-corrected chi connectivity index (χ0v) is 10.8. The molecule has 2 heterocycles. The second-order valence-corrected chi connectivity index (χ2v) is 5.04. The minimum atomic E-state index is 1.07. The molecule has 1 aliphatic rings. The van der Waals surface area contributed by atoms with E-state index in [0.717, 1.165) is 19.4 Å². The van der Waals surface area contributed by atoms with Crippen LogP contribution in [0.1, 0.15) is 23.1 Å². The first-order valence-electron chi connectivity index (χ1n) is 6.64. The molecule has 3 heteroatoms. The number of fused-ring (bicyclic) bond motifs is 1. The van der Waals surface area contributed by atoms with E-state index >= 15 is 0 Å². The zero-order valence-electron chi connectivity index (χ0n) is 10.8. The third kappa shape index (κ3) is 2.40. The van der Waals surface area contributed by atoms with Crippen LogP contribution in [0.4, 0.5) is 5.69 Å². The molecular formula is C15H19N3. The smallest absolute Gasteiger partial charge is 0.0521 e. The molecule has 1 aliphatic heterocycles. The quantitative estimate of drug-likeness (QED) is 0.895. The second-order valence-electron chi connectivity index (χ2n) is 5.04. The van der Waals surface area contributed by atoms with Crippen LogP contribution in [0.25, 0.3) is 0 Å². The number of hydrogen-bond acceptors (Lipinski definition) is 2. The summed E-state index contributed by atoms with van der Waals surface area (Å²) in [5.41, 5.74) is 5.55. The fourth-order valence-corrected chi connectivity index (χ4v) is 2.57. The molecule has 0 bridgehead atoms. The van der Waals surface area contributed by atoms with E-state index in [0.29, 0.717) is 0 Å². The van der Waals surface area contributed by atoms with Gasteiger partial charge in [0.15, 0.2) is 0 Å². The van der Waals surface area contributed by atoms with Crippen molar-refractivity contribution in [1.82, 2.24) is 9.78 Å². The lowest BCUT2D eigenvalue weighted by molar-refractivity contribution is 0.766. The first-order chi connectivity index (χ1) is 8.81. The zero-order chi connectivity index (χ0) is 12.4. The Balaban J connectivity index is 1.69. The summed E-state index contributed by atoms with van der Waals surface area (Å²) in [5, 5.41) is 7.66. The fraction of sp³-hybridized carbons (Fsp3) is 0.400. The summed E-state index contributed by atoms with van der Waals surface area (Å²) in [6.45, 7) is 1.11. The van der Waals surface area contributed by atoms with Crippen LogP contribution in [0.3, 0.4) is 0 Å².